The summed E-state index contributed by atoms with van der Waals surface area (Å²) >= 11 is 6.30. The summed E-state index contributed by atoms with van der Waals surface area (Å²) in [6.07, 6.45) is 1.10. The van der Waals surface area contributed by atoms with E-state index >= 15 is 0 Å². The molecule has 2 heterocycles. The van der Waals surface area contributed by atoms with Gasteiger partial charge in [-0.3, -0.25) is 9.69 Å². The molecule has 6 nitrogen and oxygen atoms in total. The van der Waals surface area contributed by atoms with Crippen molar-refractivity contribution in [2.45, 2.75) is 32.8 Å². The first-order valence-corrected chi connectivity index (χ1v) is 10.1. The molecule has 0 aliphatic carbocycles. The van der Waals surface area contributed by atoms with Crippen molar-refractivity contribution in [1.82, 2.24) is 10.2 Å². The van der Waals surface area contributed by atoms with Crippen molar-refractivity contribution in [3.05, 3.63) is 22.7 Å². The third-order valence-electron chi connectivity index (χ3n) is 4.60. The Labute approximate surface area is 166 Å². The van der Waals surface area contributed by atoms with Crippen molar-refractivity contribution in [3.63, 3.8) is 0 Å². The summed E-state index contributed by atoms with van der Waals surface area (Å²) in [6.45, 7) is 9.71. The van der Waals surface area contributed by atoms with Crippen LogP contribution in [0.5, 0.6) is 11.5 Å². The van der Waals surface area contributed by atoms with Crippen LogP contribution in [-0.2, 0) is 16.0 Å². The molecule has 1 fully saturated rings. The summed E-state index contributed by atoms with van der Waals surface area (Å²) in [5, 5.41) is 3.46. The Kier molecular flexibility index (Phi) is 7.21. The van der Waals surface area contributed by atoms with Crippen LogP contribution in [0.25, 0.3) is 0 Å². The van der Waals surface area contributed by atoms with E-state index in [0.29, 0.717) is 48.8 Å². The zero-order valence-corrected chi connectivity index (χ0v) is 16.9. The highest BCUT2D eigenvalue weighted by Gasteiger charge is 2.22. The van der Waals surface area contributed by atoms with Crippen LogP contribution in [0.4, 0.5) is 0 Å². The minimum absolute atomic E-state index is 0.0359. The first-order valence-electron chi connectivity index (χ1n) is 9.70. The lowest BCUT2D eigenvalue weighted by Crippen LogP contribution is -2.48. The fraction of sp³-hybridized carbons (Fsp3) is 0.650. The topological polar surface area (TPSA) is 60.0 Å². The van der Waals surface area contributed by atoms with Crippen molar-refractivity contribution < 1.29 is 19.0 Å². The standard InChI is InChI=1S/C20H29ClN2O4/c1-14(2)12-23-4-7-25-16(13-23)11-22-19(24)10-15-8-17(21)20-18(9-15)26-5-3-6-27-20/h8-9,14,16H,3-7,10-13H2,1-2H3,(H,22,24). The van der Waals surface area contributed by atoms with Crippen LogP contribution in [-0.4, -0.2) is 62.9 Å². The molecule has 3 rings (SSSR count). The minimum Gasteiger partial charge on any atom is -0.489 e. The Morgan fingerprint density at radius 3 is 2.93 bits per heavy atom. The molecule has 1 atom stereocenters. The van der Waals surface area contributed by atoms with Gasteiger partial charge in [0, 0.05) is 32.6 Å². The summed E-state index contributed by atoms with van der Waals surface area (Å²) < 4.78 is 17.1. The van der Waals surface area contributed by atoms with Gasteiger partial charge in [0.25, 0.3) is 0 Å². The molecule has 1 unspecified atom stereocenters. The Hall–Kier alpha value is -1.50. The van der Waals surface area contributed by atoms with E-state index in [2.05, 4.69) is 24.1 Å². The highest BCUT2D eigenvalue weighted by molar-refractivity contribution is 6.32. The first kappa shape index (κ1) is 20.2. The van der Waals surface area contributed by atoms with Gasteiger partial charge in [0.2, 0.25) is 5.91 Å². The number of amides is 1. The fourth-order valence-corrected chi connectivity index (χ4v) is 3.74. The van der Waals surface area contributed by atoms with Gasteiger partial charge in [-0.1, -0.05) is 25.4 Å². The van der Waals surface area contributed by atoms with E-state index in [9.17, 15) is 4.79 Å². The smallest absolute Gasteiger partial charge is 0.224 e. The number of benzene rings is 1. The number of hydrogen-bond donors (Lipinski definition) is 1. The number of ether oxygens (including phenoxy) is 3. The molecule has 0 radical (unpaired) electrons. The highest BCUT2D eigenvalue weighted by Crippen LogP contribution is 2.38. The van der Waals surface area contributed by atoms with Crippen LogP contribution >= 0.6 is 11.6 Å². The molecule has 0 spiro atoms. The van der Waals surface area contributed by atoms with E-state index in [1.165, 1.54) is 0 Å². The van der Waals surface area contributed by atoms with Crippen LogP contribution in [0.2, 0.25) is 5.02 Å². The molecular weight excluding hydrogens is 368 g/mol. The van der Waals surface area contributed by atoms with Gasteiger partial charge >= 0.3 is 0 Å². The van der Waals surface area contributed by atoms with Crippen molar-refractivity contribution in [2.75, 3.05) is 46.0 Å². The minimum atomic E-state index is -0.0508. The number of halogens is 1. The van der Waals surface area contributed by atoms with E-state index in [1.54, 1.807) is 6.07 Å². The van der Waals surface area contributed by atoms with Crippen molar-refractivity contribution in [1.29, 1.82) is 0 Å². The van der Waals surface area contributed by atoms with Crippen LogP contribution < -0.4 is 14.8 Å². The largest absolute Gasteiger partial charge is 0.489 e. The number of hydrogen-bond acceptors (Lipinski definition) is 5. The van der Waals surface area contributed by atoms with Gasteiger partial charge in [-0.15, -0.1) is 0 Å². The van der Waals surface area contributed by atoms with Crippen LogP contribution in [0, 0.1) is 5.92 Å². The molecule has 0 bridgehead atoms. The summed E-state index contributed by atoms with van der Waals surface area (Å²) in [6, 6.07) is 3.61. The third kappa shape index (κ3) is 5.99. The van der Waals surface area contributed by atoms with Gasteiger partial charge in [-0.2, -0.15) is 0 Å². The van der Waals surface area contributed by atoms with Crippen LogP contribution in [0.3, 0.4) is 0 Å². The molecule has 2 aliphatic heterocycles. The van der Waals surface area contributed by atoms with E-state index in [1.807, 2.05) is 6.07 Å². The van der Waals surface area contributed by atoms with Gasteiger partial charge in [0.05, 0.1) is 37.4 Å². The van der Waals surface area contributed by atoms with Crippen LogP contribution in [0.1, 0.15) is 25.8 Å². The summed E-state index contributed by atoms with van der Waals surface area (Å²) in [7, 11) is 0. The lowest BCUT2D eigenvalue weighted by Gasteiger charge is -2.33. The molecule has 0 aromatic heterocycles. The molecule has 1 amide bonds. The van der Waals surface area contributed by atoms with Crippen molar-refractivity contribution in [3.8, 4) is 11.5 Å². The molecule has 1 aromatic carbocycles. The average molecular weight is 397 g/mol. The Balaban J connectivity index is 1.51. The number of nitrogens with one attached hydrogen (secondary N) is 1. The molecular formula is C20H29ClN2O4. The zero-order valence-electron chi connectivity index (χ0n) is 16.1. The number of fused-ring (bicyclic) bond motifs is 1. The molecule has 27 heavy (non-hydrogen) atoms. The summed E-state index contributed by atoms with van der Waals surface area (Å²) in [5.74, 6) is 1.76. The maximum atomic E-state index is 12.4. The molecule has 1 aromatic rings. The average Bonchev–Trinajstić information content (AvgIpc) is 2.85. The quantitative estimate of drug-likeness (QED) is 0.800. The van der Waals surface area contributed by atoms with Gasteiger partial charge in [0.15, 0.2) is 11.5 Å². The molecule has 1 N–H and O–H groups in total. The van der Waals surface area contributed by atoms with Gasteiger partial charge in [-0.25, -0.2) is 0 Å². The number of carbonyl (C=O) groups excluding carboxylic acids is 1. The highest BCUT2D eigenvalue weighted by atomic mass is 35.5. The number of rotatable bonds is 6. The second-order valence-corrected chi connectivity index (χ2v) is 7.99. The Bertz CT molecular complexity index is 653. The molecule has 1 saturated heterocycles. The Morgan fingerprint density at radius 2 is 2.11 bits per heavy atom. The number of carbonyl (C=O) groups is 1. The predicted octanol–water partition coefficient (Wildman–Crippen LogP) is 2.52. The van der Waals surface area contributed by atoms with Crippen molar-refractivity contribution >= 4 is 17.5 Å². The van der Waals surface area contributed by atoms with E-state index < -0.39 is 0 Å². The number of nitrogens with zero attached hydrogens (tertiary/aromatic N) is 1. The van der Waals surface area contributed by atoms with Gasteiger partial charge in [-0.05, 0) is 23.6 Å². The van der Waals surface area contributed by atoms with E-state index in [0.717, 1.165) is 31.6 Å². The van der Waals surface area contributed by atoms with E-state index in [4.69, 9.17) is 25.8 Å². The molecule has 7 heteroatoms. The van der Waals surface area contributed by atoms with Crippen LogP contribution in [0.15, 0.2) is 12.1 Å². The normalized spacial score (nSPS) is 20.4. The second kappa shape index (κ2) is 9.62. The monoisotopic (exact) mass is 396 g/mol. The zero-order chi connectivity index (χ0) is 19.2. The fourth-order valence-electron chi connectivity index (χ4n) is 3.45. The van der Waals surface area contributed by atoms with Gasteiger partial charge in [0.1, 0.15) is 0 Å². The van der Waals surface area contributed by atoms with Gasteiger partial charge < -0.3 is 19.5 Å². The second-order valence-electron chi connectivity index (χ2n) is 7.58. The number of morpholine rings is 1. The SMILES string of the molecule is CC(C)CN1CCOC(CNC(=O)Cc2cc(Cl)c3c(c2)OCCCO3)C1. The summed E-state index contributed by atoms with van der Waals surface area (Å²) in [4.78, 5) is 14.8. The maximum Gasteiger partial charge on any atom is 0.224 e. The molecule has 150 valence electrons. The van der Waals surface area contributed by atoms with E-state index in [-0.39, 0.29) is 18.4 Å². The summed E-state index contributed by atoms with van der Waals surface area (Å²) in [5.41, 5.74) is 0.813. The lowest BCUT2D eigenvalue weighted by atomic mass is 10.1. The predicted molar refractivity (Wildman–Crippen MR) is 105 cm³/mol. The third-order valence-corrected chi connectivity index (χ3v) is 4.88. The Morgan fingerprint density at radius 1 is 1.30 bits per heavy atom. The maximum absolute atomic E-state index is 12.4. The van der Waals surface area contributed by atoms with Crippen molar-refractivity contribution in [2.24, 2.45) is 5.92 Å². The molecule has 2 aliphatic rings. The molecule has 0 saturated carbocycles. The lowest BCUT2D eigenvalue weighted by molar-refractivity contribution is -0.121. The first-order chi connectivity index (χ1) is 13.0.